The average molecular weight is 390 g/mol. The highest BCUT2D eigenvalue weighted by Crippen LogP contribution is 2.22. The fraction of sp³-hybridized carbons (Fsp3) is 0.450. The van der Waals surface area contributed by atoms with Crippen LogP contribution in [0.15, 0.2) is 29.5 Å². The van der Waals surface area contributed by atoms with E-state index < -0.39 is 24.0 Å². The average Bonchev–Trinajstić information content (AvgIpc) is 2.65. The van der Waals surface area contributed by atoms with Crippen LogP contribution in [0.1, 0.15) is 31.4 Å². The third-order valence-electron chi connectivity index (χ3n) is 4.27. The topological polar surface area (TPSA) is 103 Å². The monoisotopic (exact) mass is 390 g/mol. The van der Waals surface area contributed by atoms with Gasteiger partial charge in [-0.25, -0.2) is 14.4 Å². The van der Waals surface area contributed by atoms with Crippen molar-refractivity contribution in [3.63, 3.8) is 0 Å². The van der Waals surface area contributed by atoms with Gasteiger partial charge in [-0.15, -0.1) is 0 Å². The van der Waals surface area contributed by atoms with Gasteiger partial charge in [0.1, 0.15) is 12.4 Å². The second-order valence-corrected chi connectivity index (χ2v) is 6.34. The summed E-state index contributed by atoms with van der Waals surface area (Å²) in [6.07, 6.45) is 0.495. The van der Waals surface area contributed by atoms with E-state index in [0.29, 0.717) is 12.2 Å². The number of hydrogen-bond acceptors (Lipinski definition) is 6. The van der Waals surface area contributed by atoms with Gasteiger partial charge in [-0.05, 0) is 38.3 Å². The molecule has 152 valence electrons. The van der Waals surface area contributed by atoms with Crippen LogP contribution in [0.2, 0.25) is 0 Å². The number of carbonyl (C=O) groups is 3. The van der Waals surface area contributed by atoms with Crippen molar-refractivity contribution < 1.29 is 28.6 Å². The van der Waals surface area contributed by atoms with Crippen molar-refractivity contribution in [2.45, 2.75) is 40.2 Å². The molecule has 2 amide bonds. The molecule has 0 spiro atoms. The predicted octanol–water partition coefficient (Wildman–Crippen LogP) is 2.13. The first kappa shape index (κ1) is 21.3. The summed E-state index contributed by atoms with van der Waals surface area (Å²) < 4.78 is 15.8. The zero-order chi connectivity index (χ0) is 20.7. The molecule has 0 aliphatic carbocycles. The quantitative estimate of drug-likeness (QED) is 0.659. The molecule has 0 unspecified atom stereocenters. The molecule has 28 heavy (non-hydrogen) atoms. The van der Waals surface area contributed by atoms with Gasteiger partial charge in [0.2, 0.25) is 0 Å². The Hall–Kier alpha value is -3.03. The van der Waals surface area contributed by atoms with Gasteiger partial charge in [-0.2, -0.15) is 0 Å². The van der Waals surface area contributed by atoms with Crippen molar-refractivity contribution in [1.29, 1.82) is 0 Å². The largest absolute Gasteiger partial charge is 0.481 e. The van der Waals surface area contributed by atoms with Gasteiger partial charge >= 0.3 is 18.0 Å². The second kappa shape index (κ2) is 9.77. The van der Waals surface area contributed by atoms with Crippen LogP contribution in [-0.2, 0) is 19.1 Å². The molecule has 2 rings (SSSR count). The lowest BCUT2D eigenvalue weighted by Gasteiger charge is -2.28. The lowest BCUT2D eigenvalue weighted by molar-refractivity contribution is -0.145. The maximum Gasteiger partial charge on any atom is 0.344 e. The van der Waals surface area contributed by atoms with Crippen LogP contribution < -0.4 is 15.4 Å². The van der Waals surface area contributed by atoms with Gasteiger partial charge in [-0.3, -0.25) is 0 Å². The van der Waals surface area contributed by atoms with Crippen molar-refractivity contribution in [3.8, 4) is 5.75 Å². The molecule has 8 heteroatoms. The summed E-state index contributed by atoms with van der Waals surface area (Å²) in [7, 11) is 0. The molecule has 1 aromatic carbocycles. The SMILES string of the molecule is CCOC(=O)C1=C(COC(=O)COc2c(C)cccc2C)NC(=O)N[C@H]1CC. The minimum atomic E-state index is -0.612. The zero-order valence-corrected chi connectivity index (χ0v) is 16.6. The summed E-state index contributed by atoms with van der Waals surface area (Å²) >= 11 is 0. The number of benzene rings is 1. The van der Waals surface area contributed by atoms with Gasteiger partial charge in [-0.1, -0.05) is 25.1 Å². The molecule has 1 aromatic rings. The van der Waals surface area contributed by atoms with Crippen LogP contribution >= 0.6 is 0 Å². The van der Waals surface area contributed by atoms with E-state index in [1.54, 1.807) is 6.92 Å². The Kier molecular flexibility index (Phi) is 7.43. The highest BCUT2D eigenvalue weighted by atomic mass is 16.6. The molecule has 0 bridgehead atoms. The van der Waals surface area contributed by atoms with E-state index in [1.165, 1.54) is 0 Å². The van der Waals surface area contributed by atoms with E-state index in [-0.39, 0.29) is 31.1 Å². The lowest BCUT2D eigenvalue weighted by Crippen LogP contribution is -2.51. The molecule has 0 saturated heterocycles. The van der Waals surface area contributed by atoms with E-state index >= 15 is 0 Å². The van der Waals surface area contributed by atoms with Crippen molar-refractivity contribution >= 4 is 18.0 Å². The second-order valence-electron chi connectivity index (χ2n) is 6.34. The third-order valence-corrected chi connectivity index (χ3v) is 4.27. The molecule has 8 nitrogen and oxygen atoms in total. The predicted molar refractivity (Wildman–Crippen MR) is 102 cm³/mol. The van der Waals surface area contributed by atoms with Crippen LogP contribution in [0, 0.1) is 13.8 Å². The van der Waals surface area contributed by atoms with Gasteiger partial charge in [0.05, 0.1) is 23.9 Å². The van der Waals surface area contributed by atoms with Gasteiger partial charge in [0.15, 0.2) is 6.61 Å². The summed E-state index contributed by atoms with van der Waals surface area (Å²) in [6, 6.07) is 4.72. The van der Waals surface area contributed by atoms with E-state index in [0.717, 1.165) is 11.1 Å². The van der Waals surface area contributed by atoms with Crippen molar-refractivity contribution in [3.05, 3.63) is 40.6 Å². The van der Waals surface area contributed by atoms with Crippen LogP contribution in [0.25, 0.3) is 0 Å². The van der Waals surface area contributed by atoms with Crippen molar-refractivity contribution in [2.24, 2.45) is 0 Å². The summed E-state index contributed by atoms with van der Waals surface area (Å²) in [6.45, 7) is 6.96. The molecule has 0 saturated carbocycles. The van der Waals surface area contributed by atoms with Gasteiger partial charge in [0.25, 0.3) is 0 Å². The number of nitrogens with one attached hydrogen (secondary N) is 2. The number of carbonyl (C=O) groups excluding carboxylic acids is 3. The minimum Gasteiger partial charge on any atom is -0.481 e. The number of urea groups is 1. The number of ether oxygens (including phenoxy) is 3. The Bertz CT molecular complexity index is 767. The summed E-state index contributed by atoms with van der Waals surface area (Å²) in [5.74, 6) is -0.536. The Balaban J connectivity index is 2.05. The maximum absolute atomic E-state index is 12.3. The van der Waals surface area contributed by atoms with Gasteiger partial charge in [0, 0.05) is 0 Å². The Morgan fingerprint density at radius 3 is 2.39 bits per heavy atom. The zero-order valence-electron chi connectivity index (χ0n) is 16.6. The maximum atomic E-state index is 12.3. The summed E-state index contributed by atoms with van der Waals surface area (Å²) in [4.78, 5) is 36.2. The first-order valence-corrected chi connectivity index (χ1v) is 9.19. The molecule has 1 aliphatic heterocycles. The van der Waals surface area contributed by atoms with E-state index in [9.17, 15) is 14.4 Å². The van der Waals surface area contributed by atoms with E-state index in [1.807, 2.05) is 39.0 Å². The number of amides is 2. The first-order chi connectivity index (χ1) is 13.4. The van der Waals surface area contributed by atoms with Crippen LogP contribution in [0.3, 0.4) is 0 Å². The lowest BCUT2D eigenvalue weighted by atomic mass is 10.0. The van der Waals surface area contributed by atoms with E-state index in [2.05, 4.69) is 10.6 Å². The molecule has 1 aliphatic rings. The fourth-order valence-electron chi connectivity index (χ4n) is 2.93. The summed E-state index contributed by atoms with van der Waals surface area (Å²) in [5.41, 5.74) is 2.30. The number of hydrogen-bond donors (Lipinski definition) is 2. The van der Waals surface area contributed by atoms with Crippen molar-refractivity contribution in [2.75, 3.05) is 19.8 Å². The normalized spacial score (nSPS) is 16.1. The van der Waals surface area contributed by atoms with Crippen molar-refractivity contribution in [1.82, 2.24) is 10.6 Å². The molecular formula is C20H26N2O6. The number of rotatable bonds is 8. The Morgan fingerprint density at radius 2 is 1.79 bits per heavy atom. The third kappa shape index (κ3) is 5.25. The molecular weight excluding hydrogens is 364 g/mol. The smallest absolute Gasteiger partial charge is 0.344 e. The van der Waals surface area contributed by atoms with Crippen LogP contribution in [-0.4, -0.2) is 43.8 Å². The van der Waals surface area contributed by atoms with Gasteiger partial charge < -0.3 is 24.8 Å². The molecule has 1 heterocycles. The molecule has 0 fully saturated rings. The Morgan fingerprint density at radius 1 is 1.11 bits per heavy atom. The molecule has 2 N–H and O–H groups in total. The first-order valence-electron chi connectivity index (χ1n) is 9.19. The molecule has 0 aromatic heterocycles. The number of para-hydroxylation sites is 1. The van der Waals surface area contributed by atoms with Crippen LogP contribution in [0.4, 0.5) is 4.79 Å². The van der Waals surface area contributed by atoms with Crippen LogP contribution in [0.5, 0.6) is 5.75 Å². The summed E-state index contributed by atoms with van der Waals surface area (Å²) in [5, 5.41) is 5.19. The minimum absolute atomic E-state index is 0.198. The van der Waals surface area contributed by atoms with E-state index in [4.69, 9.17) is 14.2 Å². The fourth-order valence-corrected chi connectivity index (χ4v) is 2.93. The molecule has 1 atom stereocenters. The standard InChI is InChI=1S/C20H26N2O6/c1-5-14-17(19(24)26-6-2)15(22-20(25)21-14)10-27-16(23)11-28-18-12(3)8-7-9-13(18)4/h7-9,14H,5-6,10-11H2,1-4H3,(H2,21,22,25)/t14-/m0/s1. The molecule has 0 radical (unpaired) electrons. The number of esters is 2. The number of aryl methyl sites for hydroxylation is 2. The Labute approximate surface area is 164 Å². The highest BCUT2D eigenvalue weighted by Gasteiger charge is 2.32. The highest BCUT2D eigenvalue weighted by molar-refractivity contribution is 5.94.